The molecule has 1 heterocycles. The molecule has 0 N–H and O–H groups in total. The van der Waals surface area contributed by atoms with Gasteiger partial charge in [0.15, 0.2) is 0 Å². The first-order valence-electron chi connectivity index (χ1n) is 6.05. The molecule has 1 aliphatic heterocycles. The molecule has 1 saturated heterocycles. The maximum Gasteiger partial charge on any atom is 0.411 e. The fourth-order valence-corrected chi connectivity index (χ4v) is 3.33. The Labute approximate surface area is 122 Å². The molecule has 0 aromatic carbocycles. The van der Waals surface area contributed by atoms with Gasteiger partial charge in [-0.1, -0.05) is 0 Å². The van der Waals surface area contributed by atoms with Crippen LogP contribution in [-0.2, 0) is 14.3 Å². The van der Waals surface area contributed by atoms with Crippen LogP contribution in [0.15, 0.2) is 0 Å². The van der Waals surface area contributed by atoms with Crippen molar-refractivity contribution in [2.75, 3.05) is 13.7 Å². The zero-order valence-corrected chi connectivity index (χ0v) is 12.8. The maximum absolute atomic E-state index is 12.1. The molecule has 1 aliphatic carbocycles. The van der Waals surface area contributed by atoms with Crippen LogP contribution in [0.2, 0.25) is 0 Å². The number of nitrogens with zero attached hydrogens (tertiary/aromatic N) is 1. The number of carbonyl (C=O) groups excluding carboxylic acids is 2. The van der Waals surface area contributed by atoms with Crippen LogP contribution in [0.25, 0.3) is 0 Å². The lowest BCUT2D eigenvalue weighted by molar-refractivity contribution is -0.146. The van der Waals surface area contributed by atoms with E-state index in [0.29, 0.717) is 6.54 Å². The predicted molar refractivity (Wildman–Crippen MR) is 70.2 cm³/mol. The third-order valence-corrected chi connectivity index (χ3v) is 4.47. The van der Waals surface area contributed by atoms with Gasteiger partial charge in [0.2, 0.25) is 0 Å². The Kier molecular flexibility index (Phi) is 3.42. The molecular formula is C12H17Cl2NO4. The Bertz CT molecular complexity index is 418. The van der Waals surface area contributed by atoms with E-state index in [2.05, 4.69) is 0 Å². The molecule has 19 heavy (non-hydrogen) atoms. The van der Waals surface area contributed by atoms with Crippen LogP contribution in [0, 0.1) is 11.8 Å². The summed E-state index contributed by atoms with van der Waals surface area (Å²) in [5.74, 6) is -0.898. The van der Waals surface area contributed by atoms with Crippen molar-refractivity contribution in [1.29, 1.82) is 0 Å². The number of fused-ring (bicyclic) bond motifs is 1. The zero-order valence-electron chi connectivity index (χ0n) is 11.3. The standard InChI is InChI=1S/C12H17Cl2NO4/c1-11(2,3)19-10(17)15-5-6-7(12(6,13)14)8(15)9(16)18-4/h6-8H,5H2,1-4H3. The minimum atomic E-state index is -0.947. The van der Waals surface area contributed by atoms with Gasteiger partial charge in [-0.15, -0.1) is 23.2 Å². The number of amides is 1. The van der Waals surface area contributed by atoms with Gasteiger partial charge in [0.05, 0.1) is 7.11 Å². The number of piperidine rings is 1. The number of hydrogen-bond acceptors (Lipinski definition) is 4. The maximum atomic E-state index is 12.1. The molecule has 3 atom stereocenters. The van der Waals surface area contributed by atoms with Gasteiger partial charge in [-0.25, -0.2) is 9.59 Å². The molecule has 5 nitrogen and oxygen atoms in total. The normalized spacial score (nSPS) is 31.7. The Balaban J connectivity index is 2.14. The first-order chi connectivity index (χ1) is 8.59. The highest BCUT2D eigenvalue weighted by Crippen LogP contribution is 2.65. The Hall–Kier alpha value is -0.680. The van der Waals surface area contributed by atoms with E-state index in [9.17, 15) is 9.59 Å². The Morgan fingerprint density at radius 3 is 2.37 bits per heavy atom. The van der Waals surface area contributed by atoms with Gasteiger partial charge in [-0.3, -0.25) is 4.90 Å². The Morgan fingerprint density at radius 1 is 1.32 bits per heavy atom. The number of carbonyl (C=O) groups is 2. The van der Waals surface area contributed by atoms with Crippen molar-refractivity contribution in [2.24, 2.45) is 11.8 Å². The lowest BCUT2D eigenvalue weighted by atomic mass is 10.2. The van der Waals surface area contributed by atoms with E-state index in [1.807, 2.05) is 0 Å². The summed E-state index contributed by atoms with van der Waals surface area (Å²) in [5, 5.41) is 0. The van der Waals surface area contributed by atoms with Crippen molar-refractivity contribution in [3.8, 4) is 0 Å². The molecule has 0 spiro atoms. The summed E-state index contributed by atoms with van der Waals surface area (Å²) in [5.41, 5.74) is -0.621. The van der Waals surface area contributed by atoms with Gasteiger partial charge < -0.3 is 9.47 Å². The number of hydrogen-bond donors (Lipinski definition) is 0. The van der Waals surface area contributed by atoms with Gasteiger partial charge >= 0.3 is 12.1 Å². The summed E-state index contributed by atoms with van der Waals surface area (Å²) in [7, 11) is 1.27. The molecule has 2 aliphatic rings. The van der Waals surface area contributed by atoms with Crippen molar-refractivity contribution >= 4 is 35.3 Å². The first-order valence-corrected chi connectivity index (χ1v) is 6.80. The highest BCUT2D eigenvalue weighted by Gasteiger charge is 2.74. The number of methoxy groups -OCH3 is 1. The second-order valence-corrected chi connectivity index (χ2v) is 7.35. The van der Waals surface area contributed by atoms with E-state index in [-0.39, 0.29) is 11.8 Å². The lowest BCUT2D eigenvalue weighted by Crippen LogP contribution is -2.48. The SMILES string of the molecule is COC(=O)C1C2C(CN1C(=O)OC(C)(C)C)C2(Cl)Cl. The number of halogens is 2. The molecule has 3 unspecified atom stereocenters. The summed E-state index contributed by atoms with van der Waals surface area (Å²) in [6.45, 7) is 5.61. The number of rotatable bonds is 1. The third-order valence-electron chi connectivity index (χ3n) is 3.40. The summed E-state index contributed by atoms with van der Waals surface area (Å²) in [6.07, 6.45) is -0.542. The number of esters is 1. The smallest absolute Gasteiger partial charge is 0.411 e. The zero-order chi connectivity index (χ0) is 14.6. The van der Waals surface area contributed by atoms with Crippen molar-refractivity contribution in [3.63, 3.8) is 0 Å². The Morgan fingerprint density at radius 2 is 1.89 bits per heavy atom. The van der Waals surface area contributed by atoms with E-state index in [1.165, 1.54) is 12.0 Å². The van der Waals surface area contributed by atoms with Crippen LogP contribution in [0.4, 0.5) is 4.79 Å². The van der Waals surface area contributed by atoms with E-state index in [4.69, 9.17) is 32.7 Å². The summed E-state index contributed by atoms with van der Waals surface area (Å²) in [4.78, 5) is 25.3. The van der Waals surface area contributed by atoms with Crippen LogP contribution in [-0.4, -0.2) is 46.6 Å². The molecular weight excluding hydrogens is 293 g/mol. The second kappa shape index (κ2) is 4.42. The van der Waals surface area contributed by atoms with Crippen molar-refractivity contribution in [3.05, 3.63) is 0 Å². The van der Waals surface area contributed by atoms with E-state index in [0.717, 1.165) is 0 Å². The quantitative estimate of drug-likeness (QED) is 0.550. The molecule has 0 bridgehead atoms. The second-order valence-electron chi connectivity index (χ2n) is 5.91. The molecule has 0 aromatic rings. The molecule has 0 aromatic heterocycles. The van der Waals surface area contributed by atoms with Crippen LogP contribution in [0.5, 0.6) is 0 Å². The number of likely N-dealkylation sites (tertiary alicyclic amines) is 1. The molecule has 0 radical (unpaired) electrons. The van der Waals surface area contributed by atoms with E-state index >= 15 is 0 Å². The minimum Gasteiger partial charge on any atom is -0.467 e. The summed E-state index contributed by atoms with van der Waals surface area (Å²) in [6, 6.07) is -0.764. The van der Waals surface area contributed by atoms with Gasteiger partial charge in [0.1, 0.15) is 16.0 Å². The van der Waals surface area contributed by atoms with Crippen LogP contribution in [0.3, 0.4) is 0 Å². The van der Waals surface area contributed by atoms with Crippen LogP contribution < -0.4 is 0 Å². The molecule has 7 heteroatoms. The average Bonchev–Trinajstić information content (AvgIpc) is 2.65. The lowest BCUT2D eigenvalue weighted by Gasteiger charge is -2.30. The fourth-order valence-electron chi connectivity index (χ4n) is 2.50. The van der Waals surface area contributed by atoms with E-state index in [1.54, 1.807) is 20.8 Å². The van der Waals surface area contributed by atoms with Gasteiger partial charge in [-0.2, -0.15) is 0 Å². The highest BCUT2D eigenvalue weighted by atomic mass is 35.5. The average molecular weight is 310 g/mol. The third kappa shape index (κ3) is 2.50. The topological polar surface area (TPSA) is 55.8 Å². The van der Waals surface area contributed by atoms with Gasteiger partial charge in [0.25, 0.3) is 0 Å². The van der Waals surface area contributed by atoms with Gasteiger partial charge in [0, 0.05) is 18.4 Å². The molecule has 2 rings (SSSR count). The van der Waals surface area contributed by atoms with Crippen LogP contribution >= 0.6 is 23.2 Å². The van der Waals surface area contributed by atoms with E-state index < -0.39 is 28.0 Å². The van der Waals surface area contributed by atoms with Gasteiger partial charge in [-0.05, 0) is 20.8 Å². The first kappa shape index (κ1) is 14.7. The van der Waals surface area contributed by atoms with Crippen LogP contribution in [0.1, 0.15) is 20.8 Å². The number of alkyl halides is 2. The van der Waals surface area contributed by atoms with Crippen molar-refractivity contribution < 1.29 is 19.1 Å². The minimum absolute atomic E-state index is 0.104. The van der Waals surface area contributed by atoms with Crippen molar-refractivity contribution in [2.45, 2.75) is 36.7 Å². The molecule has 1 saturated carbocycles. The number of ether oxygens (including phenoxy) is 2. The predicted octanol–water partition coefficient (Wildman–Crippen LogP) is 2.20. The van der Waals surface area contributed by atoms with Crippen molar-refractivity contribution in [1.82, 2.24) is 4.90 Å². The summed E-state index contributed by atoms with van der Waals surface area (Å²) < 4.78 is 9.06. The fraction of sp³-hybridized carbons (Fsp3) is 0.833. The summed E-state index contributed by atoms with van der Waals surface area (Å²) >= 11 is 12.2. The monoisotopic (exact) mass is 309 g/mol. The largest absolute Gasteiger partial charge is 0.467 e. The molecule has 2 fully saturated rings. The highest BCUT2D eigenvalue weighted by molar-refractivity contribution is 6.51. The molecule has 1 amide bonds. The molecule has 108 valence electrons.